The van der Waals surface area contributed by atoms with Crippen molar-refractivity contribution >= 4 is 15.9 Å². The number of nitrogens with two attached hydrogens (primary N) is 1. The third-order valence-electron chi connectivity index (χ3n) is 3.27. The van der Waals surface area contributed by atoms with Crippen molar-refractivity contribution in [2.24, 2.45) is 11.8 Å². The molecule has 0 saturated heterocycles. The standard InChI is InChI=1S/C13H20BrFN2/c1-3-9(4-2)7-13(17-16)10-5-6-11(14)12(15)8-10/h5-6,8-9,13,17H,3-4,7,16H2,1-2H3. The number of hydrazine groups is 1. The maximum atomic E-state index is 13.5. The third-order valence-corrected chi connectivity index (χ3v) is 3.91. The van der Waals surface area contributed by atoms with Gasteiger partial charge in [0.25, 0.3) is 0 Å². The Morgan fingerprint density at radius 1 is 1.35 bits per heavy atom. The molecule has 0 aromatic heterocycles. The van der Waals surface area contributed by atoms with Crippen LogP contribution in [0, 0.1) is 11.7 Å². The Labute approximate surface area is 111 Å². The Morgan fingerprint density at radius 3 is 2.47 bits per heavy atom. The number of nitrogens with one attached hydrogen (secondary N) is 1. The molecule has 0 fully saturated rings. The zero-order chi connectivity index (χ0) is 12.8. The second kappa shape index (κ2) is 7.09. The summed E-state index contributed by atoms with van der Waals surface area (Å²) < 4.78 is 13.9. The van der Waals surface area contributed by atoms with E-state index in [1.54, 1.807) is 6.07 Å². The minimum Gasteiger partial charge on any atom is -0.271 e. The maximum Gasteiger partial charge on any atom is 0.137 e. The van der Waals surface area contributed by atoms with Crippen molar-refractivity contribution in [3.63, 3.8) is 0 Å². The first-order valence-corrected chi connectivity index (χ1v) is 6.82. The molecule has 1 aromatic rings. The highest BCUT2D eigenvalue weighted by Crippen LogP contribution is 2.27. The van der Waals surface area contributed by atoms with Crippen LogP contribution in [0.4, 0.5) is 4.39 Å². The normalized spacial score (nSPS) is 13.1. The summed E-state index contributed by atoms with van der Waals surface area (Å²) in [6.45, 7) is 4.34. The third kappa shape index (κ3) is 4.05. The second-order valence-electron chi connectivity index (χ2n) is 4.31. The average molecular weight is 303 g/mol. The van der Waals surface area contributed by atoms with Crippen molar-refractivity contribution in [3.05, 3.63) is 34.1 Å². The van der Waals surface area contributed by atoms with Gasteiger partial charge in [0.1, 0.15) is 5.82 Å². The summed E-state index contributed by atoms with van der Waals surface area (Å²) >= 11 is 3.15. The van der Waals surface area contributed by atoms with E-state index in [-0.39, 0.29) is 11.9 Å². The highest BCUT2D eigenvalue weighted by molar-refractivity contribution is 9.10. The number of halogens is 2. The fourth-order valence-electron chi connectivity index (χ4n) is 1.98. The van der Waals surface area contributed by atoms with E-state index in [1.165, 1.54) is 6.07 Å². The first kappa shape index (κ1) is 14.6. The Hall–Kier alpha value is -0.450. The minimum absolute atomic E-state index is 0.0162. The lowest BCUT2D eigenvalue weighted by atomic mass is 9.91. The maximum absolute atomic E-state index is 13.5. The second-order valence-corrected chi connectivity index (χ2v) is 5.17. The summed E-state index contributed by atoms with van der Waals surface area (Å²) in [5.41, 5.74) is 3.69. The van der Waals surface area contributed by atoms with E-state index in [0.29, 0.717) is 10.4 Å². The highest BCUT2D eigenvalue weighted by atomic mass is 79.9. The monoisotopic (exact) mass is 302 g/mol. The van der Waals surface area contributed by atoms with Crippen molar-refractivity contribution in [2.75, 3.05) is 0 Å². The van der Waals surface area contributed by atoms with E-state index >= 15 is 0 Å². The summed E-state index contributed by atoms with van der Waals surface area (Å²) in [5.74, 6) is 5.94. The van der Waals surface area contributed by atoms with Gasteiger partial charge in [0.15, 0.2) is 0 Å². The van der Waals surface area contributed by atoms with Crippen LogP contribution in [0.2, 0.25) is 0 Å². The minimum atomic E-state index is -0.243. The molecule has 0 heterocycles. The van der Waals surface area contributed by atoms with Crippen LogP contribution in [-0.4, -0.2) is 0 Å². The molecule has 0 saturated carbocycles. The first-order valence-electron chi connectivity index (χ1n) is 6.03. The van der Waals surface area contributed by atoms with E-state index in [9.17, 15) is 4.39 Å². The van der Waals surface area contributed by atoms with E-state index < -0.39 is 0 Å². The number of hydrogen-bond donors (Lipinski definition) is 2. The molecule has 96 valence electrons. The SMILES string of the molecule is CCC(CC)CC(NN)c1ccc(Br)c(F)c1. The Balaban J connectivity index is 2.82. The van der Waals surface area contributed by atoms with Crippen molar-refractivity contribution in [1.82, 2.24) is 5.43 Å². The molecule has 1 aromatic carbocycles. The molecule has 0 bridgehead atoms. The molecule has 4 heteroatoms. The summed E-state index contributed by atoms with van der Waals surface area (Å²) in [5, 5.41) is 0. The average Bonchev–Trinajstić information content (AvgIpc) is 2.35. The van der Waals surface area contributed by atoms with Gasteiger partial charge in [0.05, 0.1) is 4.47 Å². The molecule has 0 aliphatic carbocycles. The van der Waals surface area contributed by atoms with E-state index in [4.69, 9.17) is 5.84 Å². The van der Waals surface area contributed by atoms with Gasteiger partial charge in [-0.3, -0.25) is 11.3 Å². The van der Waals surface area contributed by atoms with Gasteiger partial charge in [-0.15, -0.1) is 0 Å². The summed E-state index contributed by atoms with van der Waals surface area (Å²) in [6, 6.07) is 5.18. The lowest BCUT2D eigenvalue weighted by Crippen LogP contribution is -2.29. The molecule has 17 heavy (non-hydrogen) atoms. The number of rotatable bonds is 6. The lowest BCUT2D eigenvalue weighted by Gasteiger charge is -2.21. The van der Waals surface area contributed by atoms with Gasteiger partial charge >= 0.3 is 0 Å². The Morgan fingerprint density at radius 2 is 2.00 bits per heavy atom. The van der Waals surface area contributed by atoms with Crippen LogP contribution in [0.3, 0.4) is 0 Å². The Bertz CT molecular complexity index is 353. The van der Waals surface area contributed by atoms with Crippen LogP contribution in [-0.2, 0) is 0 Å². The van der Waals surface area contributed by atoms with Gasteiger partial charge in [0, 0.05) is 6.04 Å². The lowest BCUT2D eigenvalue weighted by molar-refractivity contribution is 0.374. The molecule has 1 atom stereocenters. The fraction of sp³-hybridized carbons (Fsp3) is 0.538. The quantitative estimate of drug-likeness (QED) is 0.617. The highest BCUT2D eigenvalue weighted by Gasteiger charge is 2.16. The fourth-order valence-corrected chi connectivity index (χ4v) is 2.23. The Kier molecular flexibility index (Phi) is 6.09. The van der Waals surface area contributed by atoms with E-state index in [1.807, 2.05) is 6.07 Å². The smallest absolute Gasteiger partial charge is 0.137 e. The van der Waals surface area contributed by atoms with Gasteiger partial charge < -0.3 is 0 Å². The van der Waals surface area contributed by atoms with Gasteiger partial charge in [-0.05, 0) is 46.0 Å². The van der Waals surface area contributed by atoms with Crippen molar-refractivity contribution in [1.29, 1.82) is 0 Å². The van der Waals surface area contributed by atoms with Crippen molar-refractivity contribution in [2.45, 2.75) is 39.2 Å². The molecular weight excluding hydrogens is 283 g/mol. The predicted molar refractivity (Wildman–Crippen MR) is 72.9 cm³/mol. The summed E-state index contributed by atoms with van der Waals surface area (Å²) in [4.78, 5) is 0. The van der Waals surface area contributed by atoms with Gasteiger partial charge in [-0.1, -0.05) is 32.8 Å². The van der Waals surface area contributed by atoms with Crippen LogP contribution in [0.15, 0.2) is 22.7 Å². The molecular formula is C13H20BrFN2. The van der Waals surface area contributed by atoms with Crippen LogP contribution in [0.25, 0.3) is 0 Å². The predicted octanol–water partition coefficient (Wildman–Crippen LogP) is 3.92. The van der Waals surface area contributed by atoms with Crippen LogP contribution < -0.4 is 11.3 Å². The van der Waals surface area contributed by atoms with Crippen LogP contribution in [0.5, 0.6) is 0 Å². The first-order chi connectivity index (χ1) is 8.12. The zero-order valence-electron chi connectivity index (χ0n) is 10.3. The van der Waals surface area contributed by atoms with Crippen molar-refractivity contribution in [3.8, 4) is 0 Å². The van der Waals surface area contributed by atoms with Crippen LogP contribution >= 0.6 is 15.9 Å². The van der Waals surface area contributed by atoms with Gasteiger partial charge in [-0.2, -0.15) is 0 Å². The topological polar surface area (TPSA) is 38.0 Å². The molecule has 1 unspecified atom stereocenters. The molecule has 1 rings (SSSR count). The van der Waals surface area contributed by atoms with Gasteiger partial charge in [-0.25, -0.2) is 4.39 Å². The number of benzene rings is 1. The summed E-state index contributed by atoms with van der Waals surface area (Å²) in [7, 11) is 0. The molecule has 0 aliphatic rings. The summed E-state index contributed by atoms with van der Waals surface area (Å²) in [6.07, 6.45) is 3.17. The van der Waals surface area contributed by atoms with Crippen LogP contribution in [0.1, 0.15) is 44.7 Å². The van der Waals surface area contributed by atoms with Gasteiger partial charge in [0.2, 0.25) is 0 Å². The molecule has 0 aliphatic heterocycles. The largest absolute Gasteiger partial charge is 0.271 e. The number of hydrogen-bond acceptors (Lipinski definition) is 2. The van der Waals surface area contributed by atoms with Crippen molar-refractivity contribution < 1.29 is 4.39 Å². The zero-order valence-corrected chi connectivity index (χ0v) is 11.9. The molecule has 2 nitrogen and oxygen atoms in total. The van der Waals surface area contributed by atoms with E-state index in [2.05, 4.69) is 35.2 Å². The molecule has 3 N–H and O–H groups in total. The molecule has 0 amide bonds. The molecule has 0 radical (unpaired) electrons. The molecule has 0 spiro atoms. The van der Waals surface area contributed by atoms with E-state index in [0.717, 1.165) is 24.8 Å².